The highest BCUT2D eigenvalue weighted by Gasteiger charge is 2.33. The summed E-state index contributed by atoms with van der Waals surface area (Å²) in [7, 11) is 0. The fourth-order valence-corrected chi connectivity index (χ4v) is 4.37. The largest absolute Gasteiger partial charge is 0.573 e. The maximum absolute atomic E-state index is 13.7. The molecule has 3 aromatic rings. The molecule has 12 heteroatoms. The fourth-order valence-electron chi connectivity index (χ4n) is 4.37. The molecular weight excluding hydrogens is 555 g/mol. The zero-order valence-corrected chi connectivity index (χ0v) is 23.2. The lowest BCUT2D eigenvalue weighted by molar-refractivity contribution is -0.274. The van der Waals surface area contributed by atoms with Gasteiger partial charge in [-0.25, -0.2) is 4.79 Å². The molecule has 1 heterocycles. The number of alkyl halides is 3. The molecule has 0 radical (unpaired) electrons. The van der Waals surface area contributed by atoms with Crippen LogP contribution in [0.15, 0.2) is 66.7 Å². The van der Waals surface area contributed by atoms with Gasteiger partial charge in [0.25, 0.3) is 11.8 Å². The summed E-state index contributed by atoms with van der Waals surface area (Å²) in [6.07, 6.45) is -5.44. The van der Waals surface area contributed by atoms with Gasteiger partial charge in [0.2, 0.25) is 0 Å². The number of rotatable bonds is 5. The van der Waals surface area contributed by atoms with Crippen LogP contribution in [0.5, 0.6) is 11.5 Å². The quantitative estimate of drug-likeness (QED) is 0.386. The Hall–Kier alpha value is -4.74. The van der Waals surface area contributed by atoms with Crippen molar-refractivity contribution in [3.63, 3.8) is 0 Å². The molecular formula is C30H30F3N3O6. The second-order valence-electron chi connectivity index (χ2n) is 10.6. The van der Waals surface area contributed by atoms with Gasteiger partial charge in [0.05, 0.1) is 11.1 Å². The summed E-state index contributed by atoms with van der Waals surface area (Å²) >= 11 is 0. The highest BCUT2D eigenvalue weighted by atomic mass is 19.4. The number of piperazine rings is 1. The first-order chi connectivity index (χ1) is 19.7. The van der Waals surface area contributed by atoms with E-state index in [4.69, 9.17) is 4.74 Å². The number of phenols is 1. The SMILES string of the molecule is CC(C)(C)OC(=O)N1CCN(C(=O)c2c(O)cc(-c3ccccc3)cc2C(=O)Nc2cccc(OC(F)(F)F)c2)CC1. The molecule has 1 saturated heterocycles. The minimum Gasteiger partial charge on any atom is -0.507 e. The van der Waals surface area contributed by atoms with Crippen LogP contribution < -0.4 is 10.1 Å². The van der Waals surface area contributed by atoms with Gasteiger partial charge < -0.3 is 29.7 Å². The van der Waals surface area contributed by atoms with Crippen molar-refractivity contribution in [1.29, 1.82) is 0 Å². The second-order valence-corrected chi connectivity index (χ2v) is 10.6. The van der Waals surface area contributed by atoms with E-state index in [1.165, 1.54) is 34.1 Å². The van der Waals surface area contributed by atoms with Gasteiger partial charge in [-0.3, -0.25) is 9.59 Å². The number of nitrogens with one attached hydrogen (secondary N) is 1. The fraction of sp³-hybridized carbons (Fsp3) is 0.300. The highest BCUT2D eigenvalue weighted by molar-refractivity contribution is 6.14. The number of carbonyl (C=O) groups is 3. The van der Waals surface area contributed by atoms with Crippen LogP contribution in [0.2, 0.25) is 0 Å². The van der Waals surface area contributed by atoms with Crippen molar-refractivity contribution >= 4 is 23.6 Å². The van der Waals surface area contributed by atoms with Crippen molar-refractivity contribution in [2.45, 2.75) is 32.7 Å². The molecule has 3 aromatic carbocycles. The van der Waals surface area contributed by atoms with Crippen molar-refractivity contribution in [2.24, 2.45) is 0 Å². The molecule has 0 atom stereocenters. The van der Waals surface area contributed by atoms with Gasteiger partial charge in [-0.15, -0.1) is 13.2 Å². The molecule has 0 aliphatic carbocycles. The zero-order chi connectivity index (χ0) is 30.7. The minimum atomic E-state index is -4.93. The third-order valence-corrected chi connectivity index (χ3v) is 6.23. The molecule has 3 amide bonds. The lowest BCUT2D eigenvalue weighted by Gasteiger charge is -2.36. The molecule has 1 aliphatic heterocycles. The van der Waals surface area contributed by atoms with Crippen LogP contribution in [-0.4, -0.2) is 71.0 Å². The second kappa shape index (κ2) is 12.0. The van der Waals surface area contributed by atoms with E-state index in [0.717, 1.165) is 12.1 Å². The monoisotopic (exact) mass is 585 g/mol. The number of anilines is 1. The highest BCUT2D eigenvalue weighted by Crippen LogP contribution is 2.32. The summed E-state index contributed by atoms with van der Waals surface area (Å²) in [5.41, 5.74) is -0.0604. The summed E-state index contributed by atoms with van der Waals surface area (Å²) in [4.78, 5) is 42.5. The predicted octanol–water partition coefficient (Wildman–Crippen LogP) is 5.90. The Morgan fingerprint density at radius 1 is 0.833 bits per heavy atom. The Balaban J connectivity index is 1.63. The molecule has 0 aromatic heterocycles. The van der Waals surface area contributed by atoms with E-state index in [-0.39, 0.29) is 43.0 Å². The van der Waals surface area contributed by atoms with Gasteiger partial charge >= 0.3 is 12.5 Å². The van der Waals surface area contributed by atoms with E-state index in [0.29, 0.717) is 11.1 Å². The molecule has 0 spiro atoms. The first-order valence-corrected chi connectivity index (χ1v) is 13.1. The number of ether oxygens (including phenoxy) is 2. The summed E-state index contributed by atoms with van der Waals surface area (Å²) in [5.74, 6) is -2.46. The van der Waals surface area contributed by atoms with E-state index < -0.39 is 41.4 Å². The number of amides is 3. The number of hydrogen-bond acceptors (Lipinski definition) is 6. The van der Waals surface area contributed by atoms with Gasteiger partial charge in [0.1, 0.15) is 17.1 Å². The van der Waals surface area contributed by atoms with E-state index in [1.807, 2.05) is 0 Å². The van der Waals surface area contributed by atoms with Crippen molar-refractivity contribution in [1.82, 2.24) is 9.80 Å². The topological polar surface area (TPSA) is 108 Å². The summed E-state index contributed by atoms with van der Waals surface area (Å²) < 4.78 is 47.4. The zero-order valence-electron chi connectivity index (χ0n) is 23.2. The number of benzene rings is 3. The van der Waals surface area contributed by atoms with Crippen LogP contribution in [-0.2, 0) is 4.74 Å². The maximum atomic E-state index is 13.7. The standard InChI is InChI=1S/C30H30F3N3O6/c1-29(2,3)42-28(40)36-14-12-35(13-15-36)27(39)25-23(16-20(17-24(25)37)19-8-5-4-6-9-19)26(38)34-21-10-7-11-22(18-21)41-30(31,32)33/h4-11,16-18,37H,12-15H2,1-3H3,(H,34,38). The van der Waals surface area contributed by atoms with Crippen LogP contribution in [0.25, 0.3) is 11.1 Å². The smallest absolute Gasteiger partial charge is 0.507 e. The molecule has 9 nitrogen and oxygen atoms in total. The minimum absolute atomic E-state index is 0.0178. The number of hydrogen-bond donors (Lipinski definition) is 2. The van der Waals surface area contributed by atoms with Crippen molar-refractivity contribution in [3.8, 4) is 22.6 Å². The van der Waals surface area contributed by atoms with Gasteiger partial charge in [-0.2, -0.15) is 0 Å². The molecule has 0 saturated carbocycles. The molecule has 1 aliphatic rings. The first-order valence-electron chi connectivity index (χ1n) is 13.1. The van der Waals surface area contributed by atoms with E-state index in [2.05, 4.69) is 10.1 Å². The van der Waals surface area contributed by atoms with Crippen molar-refractivity contribution in [2.75, 3.05) is 31.5 Å². The Morgan fingerprint density at radius 3 is 2.10 bits per heavy atom. The van der Waals surface area contributed by atoms with Crippen LogP contribution in [0.3, 0.4) is 0 Å². The number of halogens is 3. The predicted molar refractivity (Wildman–Crippen MR) is 148 cm³/mol. The Kier molecular flexibility index (Phi) is 8.64. The van der Waals surface area contributed by atoms with E-state index in [9.17, 15) is 32.7 Å². The maximum Gasteiger partial charge on any atom is 0.573 e. The molecule has 42 heavy (non-hydrogen) atoms. The normalized spacial score (nSPS) is 13.9. The van der Waals surface area contributed by atoms with E-state index in [1.54, 1.807) is 51.1 Å². The molecule has 0 unspecified atom stereocenters. The lowest BCUT2D eigenvalue weighted by atomic mass is 9.96. The molecule has 1 fully saturated rings. The summed E-state index contributed by atoms with van der Waals surface area (Å²) in [5, 5.41) is 13.5. The Labute approximate surface area is 240 Å². The van der Waals surface area contributed by atoms with Gasteiger partial charge in [0.15, 0.2) is 0 Å². The molecule has 4 rings (SSSR count). The average Bonchev–Trinajstić information content (AvgIpc) is 2.91. The third-order valence-electron chi connectivity index (χ3n) is 6.23. The first kappa shape index (κ1) is 30.2. The number of nitrogens with zero attached hydrogens (tertiary/aromatic N) is 2. The Bertz CT molecular complexity index is 1460. The molecule has 2 N–H and O–H groups in total. The van der Waals surface area contributed by atoms with Crippen LogP contribution in [0.4, 0.5) is 23.7 Å². The third kappa shape index (κ3) is 7.71. The van der Waals surface area contributed by atoms with E-state index >= 15 is 0 Å². The van der Waals surface area contributed by atoms with Gasteiger partial charge in [0, 0.05) is 37.9 Å². The van der Waals surface area contributed by atoms with Gasteiger partial charge in [-0.05, 0) is 56.2 Å². The molecule has 0 bridgehead atoms. The molecule has 222 valence electrons. The lowest BCUT2D eigenvalue weighted by Crippen LogP contribution is -2.51. The van der Waals surface area contributed by atoms with Crippen LogP contribution in [0, 0.1) is 0 Å². The summed E-state index contributed by atoms with van der Waals surface area (Å²) in [6.45, 7) is 5.84. The van der Waals surface area contributed by atoms with Crippen molar-refractivity contribution in [3.05, 3.63) is 77.9 Å². The van der Waals surface area contributed by atoms with Gasteiger partial charge in [-0.1, -0.05) is 36.4 Å². The summed E-state index contributed by atoms with van der Waals surface area (Å²) in [6, 6.07) is 16.3. The Morgan fingerprint density at radius 2 is 1.48 bits per heavy atom. The van der Waals surface area contributed by atoms with Crippen LogP contribution >= 0.6 is 0 Å². The number of carbonyl (C=O) groups excluding carboxylic acids is 3. The van der Waals surface area contributed by atoms with Crippen LogP contribution in [0.1, 0.15) is 41.5 Å². The number of aromatic hydroxyl groups is 1. The van der Waals surface area contributed by atoms with Crippen molar-refractivity contribution < 1.29 is 42.1 Å². The number of phenolic OH excluding ortho intramolecular Hbond substituents is 1. The average molecular weight is 586 g/mol.